The molecule has 0 aliphatic carbocycles. The highest BCUT2D eigenvalue weighted by Gasteiger charge is 2.37. The summed E-state index contributed by atoms with van der Waals surface area (Å²) in [5.41, 5.74) is -0.285. The van der Waals surface area contributed by atoms with Crippen LogP contribution in [0.15, 0.2) is 9.98 Å². The van der Waals surface area contributed by atoms with Crippen molar-refractivity contribution in [3.05, 3.63) is 0 Å². The van der Waals surface area contributed by atoms with E-state index in [0.717, 1.165) is 24.9 Å². The van der Waals surface area contributed by atoms with Gasteiger partial charge in [0.25, 0.3) is 0 Å². The number of hydrogen-bond acceptors (Lipinski definition) is 4. The van der Waals surface area contributed by atoms with Crippen LogP contribution in [0.4, 0.5) is 0 Å². The highest BCUT2D eigenvalue weighted by Crippen LogP contribution is 2.25. The lowest BCUT2D eigenvalue weighted by Crippen LogP contribution is -2.34. The number of ether oxygens (including phenoxy) is 2. The third kappa shape index (κ3) is 1.41. The molecule has 2 aliphatic rings. The van der Waals surface area contributed by atoms with Crippen LogP contribution in [0.1, 0.15) is 13.8 Å². The van der Waals surface area contributed by atoms with E-state index in [1.165, 1.54) is 0 Å². The highest BCUT2D eigenvalue weighted by atomic mass is 16.5. The molecular weight excluding hydrogens is 168 g/mol. The van der Waals surface area contributed by atoms with E-state index < -0.39 is 0 Å². The first-order valence-electron chi connectivity index (χ1n) is 4.57. The Morgan fingerprint density at radius 2 is 1.46 bits per heavy atom. The molecule has 0 aromatic heterocycles. The van der Waals surface area contributed by atoms with Crippen molar-refractivity contribution in [1.29, 1.82) is 0 Å². The summed E-state index contributed by atoms with van der Waals surface area (Å²) in [5, 5.41) is 0. The van der Waals surface area contributed by atoms with E-state index in [0.29, 0.717) is 13.2 Å². The zero-order valence-electron chi connectivity index (χ0n) is 8.04. The van der Waals surface area contributed by atoms with Crippen LogP contribution in [0.25, 0.3) is 0 Å². The van der Waals surface area contributed by atoms with Gasteiger partial charge >= 0.3 is 0 Å². The third-order valence-electron chi connectivity index (χ3n) is 2.24. The SMILES string of the molecule is CC(C)(C1=NCCO1)C1=NCCO1. The summed E-state index contributed by atoms with van der Waals surface area (Å²) in [6.07, 6.45) is 0. The Kier molecular flexibility index (Phi) is 1.98. The molecule has 0 bridgehead atoms. The molecule has 0 saturated carbocycles. The van der Waals surface area contributed by atoms with Crippen molar-refractivity contribution in [1.82, 2.24) is 0 Å². The van der Waals surface area contributed by atoms with E-state index in [1.807, 2.05) is 13.8 Å². The Bertz CT molecular complexity index is 243. The number of rotatable bonds is 2. The van der Waals surface area contributed by atoms with E-state index in [2.05, 4.69) is 9.98 Å². The Morgan fingerprint density at radius 3 is 1.77 bits per heavy atom. The van der Waals surface area contributed by atoms with E-state index in [9.17, 15) is 0 Å². The minimum absolute atomic E-state index is 0.285. The monoisotopic (exact) mass is 182 g/mol. The first kappa shape index (κ1) is 8.53. The summed E-state index contributed by atoms with van der Waals surface area (Å²) in [5.74, 6) is 1.52. The second-order valence-electron chi connectivity index (χ2n) is 3.70. The van der Waals surface area contributed by atoms with Gasteiger partial charge in [-0.05, 0) is 13.8 Å². The topological polar surface area (TPSA) is 43.2 Å². The van der Waals surface area contributed by atoms with Crippen LogP contribution < -0.4 is 0 Å². The van der Waals surface area contributed by atoms with Crippen LogP contribution in [0, 0.1) is 5.41 Å². The molecule has 4 heteroatoms. The first-order valence-corrected chi connectivity index (χ1v) is 4.57. The molecule has 0 saturated heterocycles. The molecule has 0 unspecified atom stereocenters. The van der Waals surface area contributed by atoms with Crippen molar-refractivity contribution in [2.45, 2.75) is 13.8 Å². The summed E-state index contributed by atoms with van der Waals surface area (Å²) >= 11 is 0. The van der Waals surface area contributed by atoms with E-state index in [4.69, 9.17) is 9.47 Å². The van der Waals surface area contributed by atoms with Gasteiger partial charge in [-0.25, -0.2) is 0 Å². The van der Waals surface area contributed by atoms with Crippen molar-refractivity contribution in [2.24, 2.45) is 15.4 Å². The molecule has 4 nitrogen and oxygen atoms in total. The fraction of sp³-hybridized carbons (Fsp3) is 0.778. The van der Waals surface area contributed by atoms with Gasteiger partial charge < -0.3 is 9.47 Å². The predicted molar refractivity (Wildman–Crippen MR) is 50.3 cm³/mol. The molecule has 2 heterocycles. The maximum absolute atomic E-state index is 5.42. The van der Waals surface area contributed by atoms with Crippen LogP contribution in [-0.4, -0.2) is 38.1 Å². The lowest BCUT2D eigenvalue weighted by Gasteiger charge is -2.22. The van der Waals surface area contributed by atoms with Gasteiger partial charge in [-0.15, -0.1) is 0 Å². The molecule has 13 heavy (non-hydrogen) atoms. The molecule has 0 atom stereocenters. The first-order chi connectivity index (χ1) is 6.21. The summed E-state index contributed by atoms with van der Waals surface area (Å²) in [4.78, 5) is 8.57. The number of hydrogen-bond donors (Lipinski definition) is 0. The second kappa shape index (κ2) is 3.01. The molecule has 0 spiro atoms. The fourth-order valence-electron chi connectivity index (χ4n) is 1.52. The van der Waals surface area contributed by atoms with Gasteiger partial charge in [-0.1, -0.05) is 0 Å². The maximum atomic E-state index is 5.42. The van der Waals surface area contributed by atoms with E-state index in [1.54, 1.807) is 0 Å². The molecule has 0 aromatic carbocycles. The van der Waals surface area contributed by atoms with Crippen LogP contribution >= 0.6 is 0 Å². The van der Waals surface area contributed by atoms with Gasteiger partial charge in [-0.3, -0.25) is 9.98 Å². The quantitative estimate of drug-likeness (QED) is 0.636. The Morgan fingerprint density at radius 1 is 1.00 bits per heavy atom. The van der Waals surface area contributed by atoms with Crippen LogP contribution in [-0.2, 0) is 9.47 Å². The van der Waals surface area contributed by atoms with Crippen molar-refractivity contribution in [2.75, 3.05) is 26.3 Å². The van der Waals surface area contributed by atoms with Crippen LogP contribution in [0.3, 0.4) is 0 Å². The highest BCUT2D eigenvalue weighted by molar-refractivity contribution is 6.05. The molecule has 0 aromatic rings. The largest absolute Gasteiger partial charge is 0.478 e. The number of nitrogens with zero attached hydrogens (tertiary/aromatic N) is 2. The molecule has 0 N–H and O–H groups in total. The number of aliphatic imine (C=N–C) groups is 2. The lowest BCUT2D eigenvalue weighted by molar-refractivity contribution is 0.282. The molecular formula is C9H14N2O2. The predicted octanol–water partition coefficient (Wildman–Crippen LogP) is 0.870. The second-order valence-corrected chi connectivity index (χ2v) is 3.70. The van der Waals surface area contributed by atoms with Gasteiger partial charge in [-0.2, -0.15) is 0 Å². The summed E-state index contributed by atoms with van der Waals surface area (Å²) in [7, 11) is 0. The molecule has 2 rings (SSSR count). The molecule has 0 fully saturated rings. The van der Waals surface area contributed by atoms with Crippen molar-refractivity contribution in [3.8, 4) is 0 Å². The van der Waals surface area contributed by atoms with E-state index in [-0.39, 0.29) is 5.41 Å². The summed E-state index contributed by atoms with van der Waals surface area (Å²) < 4.78 is 10.8. The minimum atomic E-state index is -0.285. The van der Waals surface area contributed by atoms with Crippen LogP contribution in [0.5, 0.6) is 0 Å². The Balaban J connectivity index is 2.18. The molecule has 0 amide bonds. The van der Waals surface area contributed by atoms with E-state index >= 15 is 0 Å². The Labute approximate surface area is 77.7 Å². The van der Waals surface area contributed by atoms with Gasteiger partial charge in [0.2, 0.25) is 0 Å². The summed E-state index contributed by atoms with van der Waals surface area (Å²) in [6.45, 7) is 6.94. The zero-order valence-corrected chi connectivity index (χ0v) is 8.04. The minimum Gasteiger partial charge on any atom is -0.478 e. The average Bonchev–Trinajstić information content (AvgIpc) is 2.78. The molecule has 0 radical (unpaired) electrons. The molecule has 72 valence electrons. The van der Waals surface area contributed by atoms with Crippen molar-refractivity contribution >= 4 is 11.8 Å². The smallest absolute Gasteiger partial charge is 0.198 e. The van der Waals surface area contributed by atoms with Crippen LogP contribution in [0.2, 0.25) is 0 Å². The Hall–Kier alpha value is -1.06. The molecule has 2 aliphatic heterocycles. The van der Waals surface area contributed by atoms with Crippen molar-refractivity contribution < 1.29 is 9.47 Å². The van der Waals surface area contributed by atoms with Gasteiger partial charge in [0.1, 0.15) is 18.6 Å². The maximum Gasteiger partial charge on any atom is 0.198 e. The standard InChI is InChI=1S/C9H14N2O2/c1-9(2,7-10-3-5-12-7)8-11-4-6-13-8/h3-6H2,1-2H3. The normalized spacial score (nSPS) is 22.0. The average molecular weight is 182 g/mol. The fourth-order valence-corrected chi connectivity index (χ4v) is 1.52. The van der Waals surface area contributed by atoms with Gasteiger partial charge in [0, 0.05) is 0 Å². The zero-order chi connectivity index (χ0) is 9.31. The lowest BCUT2D eigenvalue weighted by atomic mass is 9.93. The van der Waals surface area contributed by atoms with Crippen molar-refractivity contribution in [3.63, 3.8) is 0 Å². The van der Waals surface area contributed by atoms with Gasteiger partial charge in [0.05, 0.1) is 13.1 Å². The van der Waals surface area contributed by atoms with Gasteiger partial charge in [0.15, 0.2) is 11.8 Å². The summed E-state index contributed by atoms with van der Waals surface area (Å²) in [6, 6.07) is 0. The third-order valence-corrected chi connectivity index (χ3v) is 2.24.